The molecule has 1 aromatic rings. The van der Waals surface area contributed by atoms with Crippen LogP contribution in [0.4, 0.5) is 0 Å². The summed E-state index contributed by atoms with van der Waals surface area (Å²) in [7, 11) is 5.68. The quantitative estimate of drug-likeness (QED) is 0.791. The van der Waals surface area contributed by atoms with Gasteiger partial charge in [-0.25, -0.2) is 0 Å². The van der Waals surface area contributed by atoms with Crippen LogP contribution in [0.25, 0.3) is 0 Å². The molecule has 0 aliphatic heterocycles. The molecule has 0 fully saturated rings. The smallest absolute Gasteiger partial charge is 0.0750 e. The molecule has 0 saturated heterocycles. The molecule has 0 aliphatic carbocycles. The Morgan fingerprint density at radius 3 is 2.56 bits per heavy atom. The number of methoxy groups -OCH3 is 1. The second kappa shape index (κ2) is 6.01. The van der Waals surface area contributed by atoms with Crippen molar-refractivity contribution in [3.8, 4) is 0 Å². The van der Waals surface area contributed by atoms with Crippen molar-refractivity contribution in [2.75, 3.05) is 14.2 Å². The van der Waals surface area contributed by atoms with Crippen LogP contribution in [0.15, 0.2) is 12.3 Å². The van der Waals surface area contributed by atoms with Gasteiger partial charge in [0.25, 0.3) is 0 Å². The van der Waals surface area contributed by atoms with Crippen molar-refractivity contribution in [3.05, 3.63) is 18.0 Å². The fourth-order valence-electron chi connectivity index (χ4n) is 2.08. The van der Waals surface area contributed by atoms with Crippen LogP contribution in [0.5, 0.6) is 0 Å². The third kappa shape index (κ3) is 3.32. The van der Waals surface area contributed by atoms with Crippen LogP contribution in [0, 0.1) is 5.92 Å². The molecule has 0 bridgehead atoms. The van der Waals surface area contributed by atoms with E-state index in [1.165, 1.54) is 0 Å². The summed E-state index contributed by atoms with van der Waals surface area (Å²) in [4.78, 5) is 0. The first-order valence-electron chi connectivity index (χ1n) is 5.77. The molecule has 0 aliphatic rings. The van der Waals surface area contributed by atoms with Crippen LogP contribution in [0.3, 0.4) is 0 Å². The molecule has 0 amide bonds. The molecule has 2 unspecified atom stereocenters. The normalized spacial score (nSPS) is 15.4. The predicted molar refractivity (Wildman–Crippen MR) is 65.4 cm³/mol. The Morgan fingerprint density at radius 2 is 2.19 bits per heavy atom. The highest BCUT2D eigenvalue weighted by molar-refractivity contribution is 5.02. The molecular formula is C12H23N3O. The maximum atomic E-state index is 5.55. The van der Waals surface area contributed by atoms with Gasteiger partial charge in [-0.15, -0.1) is 0 Å². The Kier molecular flexibility index (Phi) is 4.96. The molecule has 4 nitrogen and oxygen atoms in total. The summed E-state index contributed by atoms with van der Waals surface area (Å²) in [5.41, 5.74) is 1.10. The summed E-state index contributed by atoms with van der Waals surface area (Å²) < 4.78 is 7.38. The number of rotatable bonds is 6. The number of hydrogen-bond donors (Lipinski definition) is 1. The molecule has 92 valence electrons. The van der Waals surface area contributed by atoms with Gasteiger partial charge in [0.15, 0.2) is 0 Å². The molecule has 0 saturated carbocycles. The lowest BCUT2D eigenvalue weighted by molar-refractivity contribution is 0.0351. The lowest BCUT2D eigenvalue weighted by Gasteiger charge is -2.28. The molecule has 0 aromatic carbocycles. The monoisotopic (exact) mass is 225 g/mol. The first-order chi connectivity index (χ1) is 7.58. The fourth-order valence-corrected chi connectivity index (χ4v) is 2.08. The Balaban J connectivity index is 2.67. The number of aryl methyl sites for hydroxylation is 1. The van der Waals surface area contributed by atoms with Crippen molar-refractivity contribution < 1.29 is 4.74 Å². The van der Waals surface area contributed by atoms with E-state index in [0.29, 0.717) is 12.0 Å². The second-order valence-corrected chi connectivity index (χ2v) is 4.52. The average Bonchev–Trinajstić information content (AvgIpc) is 2.63. The summed E-state index contributed by atoms with van der Waals surface area (Å²) >= 11 is 0. The Hall–Kier alpha value is -0.870. The zero-order valence-corrected chi connectivity index (χ0v) is 10.9. The topological polar surface area (TPSA) is 39.1 Å². The molecule has 1 aromatic heterocycles. The predicted octanol–water partition coefficient (Wildman–Crippen LogP) is 1.22. The van der Waals surface area contributed by atoms with E-state index in [2.05, 4.69) is 30.3 Å². The van der Waals surface area contributed by atoms with Gasteiger partial charge in [-0.3, -0.25) is 4.68 Å². The van der Waals surface area contributed by atoms with Gasteiger partial charge in [0.1, 0.15) is 0 Å². The minimum Gasteiger partial charge on any atom is -0.380 e. The highest BCUT2D eigenvalue weighted by Crippen LogP contribution is 2.13. The van der Waals surface area contributed by atoms with Crippen LogP contribution in [0.2, 0.25) is 0 Å². The largest absolute Gasteiger partial charge is 0.380 e. The first kappa shape index (κ1) is 13.2. The maximum Gasteiger partial charge on any atom is 0.0750 e. The second-order valence-electron chi connectivity index (χ2n) is 4.52. The molecule has 16 heavy (non-hydrogen) atoms. The third-order valence-corrected chi connectivity index (χ3v) is 2.89. The molecule has 1 N–H and O–H groups in total. The van der Waals surface area contributed by atoms with Gasteiger partial charge in [-0.1, -0.05) is 13.8 Å². The van der Waals surface area contributed by atoms with Crippen LogP contribution in [0.1, 0.15) is 19.5 Å². The zero-order chi connectivity index (χ0) is 12.1. The molecule has 1 heterocycles. The van der Waals surface area contributed by atoms with Gasteiger partial charge in [0.2, 0.25) is 0 Å². The zero-order valence-electron chi connectivity index (χ0n) is 10.9. The highest BCUT2D eigenvalue weighted by Gasteiger charge is 2.23. The van der Waals surface area contributed by atoms with Crippen LogP contribution in [-0.2, 0) is 18.2 Å². The van der Waals surface area contributed by atoms with Crippen LogP contribution >= 0.6 is 0 Å². The van der Waals surface area contributed by atoms with Gasteiger partial charge < -0.3 is 10.1 Å². The Morgan fingerprint density at radius 1 is 1.50 bits per heavy atom. The number of aromatic nitrogens is 2. The molecule has 2 atom stereocenters. The van der Waals surface area contributed by atoms with Crippen molar-refractivity contribution in [3.63, 3.8) is 0 Å². The molecule has 4 heteroatoms. The summed E-state index contributed by atoms with van der Waals surface area (Å²) in [5, 5.41) is 7.71. The molecule has 1 rings (SSSR count). The first-order valence-corrected chi connectivity index (χ1v) is 5.77. The Bertz CT molecular complexity index is 309. The van der Waals surface area contributed by atoms with E-state index in [1.807, 2.05) is 25.0 Å². The average molecular weight is 225 g/mol. The molecule has 0 spiro atoms. The minimum atomic E-state index is 0.215. The van der Waals surface area contributed by atoms with Gasteiger partial charge in [-0.05, 0) is 19.0 Å². The van der Waals surface area contributed by atoms with Crippen LogP contribution in [-0.4, -0.2) is 36.1 Å². The van der Waals surface area contributed by atoms with Gasteiger partial charge in [0, 0.05) is 32.8 Å². The number of hydrogen-bond acceptors (Lipinski definition) is 3. The van der Waals surface area contributed by atoms with Crippen LogP contribution < -0.4 is 5.32 Å². The van der Waals surface area contributed by atoms with Gasteiger partial charge in [0.05, 0.1) is 11.8 Å². The number of likely N-dealkylation sites (N-methyl/N-ethyl adjacent to an activating group) is 1. The highest BCUT2D eigenvalue weighted by atomic mass is 16.5. The lowest BCUT2D eigenvalue weighted by Crippen LogP contribution is -2.43. The molecular weight excluding hydrogens is 202 g/mol. The van der Waals surface area contributed by atoms with Crippen molar-refractivity contribution in [1.82, 2.24) is 15.1 Å². The van der Waals surface area contributed by atoms with Gasteiger partial charge >= 0.3 is 0 Å². The van der Waals surface area contributed by atoms with Crippen molar-refractivity contribution in [2.45, 2.75) is 32.4 Å². The standard InChI is InChI=1S/C12H23N3O/c1-9(2)12(16-5)11(13-3)8-10-6-7-15(4)14-10/h6-7,9,11-13H,8H2,1-5H3. The minimum absolute atomic E-state index is 0.215. The van der Waals surface area contributed by atoms with Gasteiger partial charge in [-0.2, -0.15) is 5.10 Å². The Labute approximate surface area is 98.0 Å². The third-order valence-electron chi connectivity index (χ3n) is 2.89. The van der Waals surface area contributed by atoms with E-state index < -0.39 is 0 Å². The fraction of sp³-hybridized carbons (Fsp3) is 0.750. The van der Waals surface area contributed by atoms with E-state index in [-0.39, 0.29) is 6.10 Å². The van der Waals surface area contributed by atoms with E-state index in [9.17, 15) is 0 Å². The summed E-state index contributed by atoms with van der Waals surface area (Å²) in [6.45, 7) is 4.36. The summed E-state index contributed by atoms with van der Waals surface area (Å²) in [6, 6.07) is 2.36. The number of nitrogens with one attached hydrogen (secondary N) is 1. The van der Waals surface area contributed by atoms with E-state index >= 15 is 0 Å². The van der Waals surface area contributed by atoms with Crippen molar-refractivity contribution >= 4 is 0 Å². The summed E-state index contributed by atoms with van der Waals surface area (Å²) in [6.07, 6.45) is 3.08. The van der Waals surface area contributed by atoms with E-state index in [1.54, 1.807) is 7.11 Å². The SMILES string of the molecule is CNC(Cc1ccn(C)n1)C(OC)C(C)C. The van der Waals surface area contributed by atoms with E-state index in [4.69, 9.17) is 4.74 Å². The summed E-state index contributed by atoms with van der Waals surface area (Å²) in [5.74, 6) is 0.492. The lowest BCUT2D eigenvalue weighted by atomic mass is 9.96. The van der Waals surface area contributed by atoms with E-state index in [0.717, 1.165) is 12.1 Å². The molecule has 0 radical (unpaired) electrons. The van der Waals surface area contributed by atoms with Crippen molar-refractivity contribution in [1.29, 1.82) is 0 Å². The van der Waals surface area contributed by atoms with Crippen molar-refractivity contribution in [2.24, 2.45) is 13.0 Å². The number of nitrogens with zero attached hydrogens (tertiary/aromatic N) is 2. The number of ether oxygens (including phenoxy) is 1. The maximum absolute atomic E-state index is 5.55.